The zero-order valence-electron chi connectivity index (χ0n) is 13.2. The number of carboxylic acids is 1. The van der Waals surface area contributed by atoms with Crippen molar-refractivity contribution in [1.29, 1.82) is 0 Å². The summed E-state index contributed by atoms with van der Waals surface area (Å²) in [6.07, 6.45) is 3.22. The molecule has 23 heavy (non-hydrogen) atoms. The third-order valence-electron chi connectivity index (χ3n) is 3.84. The zero-order chi connectivity index (χ0) is 16.4. The number of ether oxygens (including phenoxy) is 1. The molecule has 1 N–H and O–H groups in total. The Hall–Kier alpha value is -2.27. The molecular formula is C18H19NO3S. The van der Waals surface area contributed by atoms with E-state index in [9.17, 15) is 4.79 Å². The smallest absolute Gasteiger partial charge is 0.309 e. The lowest BCUT2D eigenvalue weighted by Crippen LogP contribution is -2.09. The average molecular weight is 329 g/mol. The van der Waals surface area contributed by atoms with Crippen LogP contribution in [0.25, 0.3) is 16.0 Å². The number of nitrogens with zero attached hydrogens (tertiary/aromatic N) is 1. The standard InChI is InChI=1S/C18H19NO3S/c1-3-12(2)22-16-6-4-13(5-7-16)14-8-17-19(10-14)15(11-23-17)9-18(20)21/h4-8,10-12H,3,9H2,1-2H3,(H,20,21). The Morgan fingerprint density at radius 2 is 2.04 bits per heavy atom. The minimum Gasteiger partial charge on any atom is -0.491 e. The molecule has 0 radical (unpaired) electrons. The summed E-state index contributed by atoms with van der Waals surface area (Å²) in [4.78, 5) is 12.0. The molecule has 0 aliphatic carbocycles. The maximum absolute atomic E-state index is 10.9. The molecule has 0 bridgehead atoms. The highest BCUT2D eigenvalue weighted by molar-refractivity contribution is 7.15. The van der Waals surface area contributed by atoms with E-state index in [1.54, 1.807) is 11.3 Å². The lowest BCUT2D eigenvalue weighted by molar-refractivity contribution is -0.136. The van der Waals surface area contributed by atoms with Gasteiger partial charge in [-0.2, -0.15) is 0 Å². The number of benzene rings is 1. The molecule has 2 aromatic heterocycles. The van der Waals surface area contributed by atoms with Crippen molar-refractivity contribution in [3.05, 3.63) is 47.6 Å². The molecule has 0 aliphatic heterocycles. The van der Waals surface area contributed by atoms with Gasteiger partial charge in [0, 0.05) is 22.8 Å². The lowest BCUT2D eigenvalue weighted by atomic mass is 10.1. The Balaban J connectivity index is 1.85. The van der Waals surface area contributed by atoms with Crippen molar-refractivity contribution < 1.29 is 14.6 Å². The van der Waals surface area contributed by atoms with Gasteiger partial charge in [-0.05, 0) is 37.1 Å². The zero-order valence-corrected chi connectivity index (χ0v) is 14.0. The largest absolute Gasteiger partial charge is 0.491 e. The molecule has 3 rings (SSSR count). The predicted molar refractivity (Wildman–Crippen MR) is 92.4 cm³/mol. The Bertz CT molecular complexity index is 817. The molecular weight excluding hydrogens is 310 g/mol. The predicted octanol–water partition coefficient (Wildman–Crippen LogP) is 4.47. The van der Waals surface area contributed by atoms with Crippen molar-refractivity contribution in [2.75, 3.05) is 0 Å². The van der Waals surface area contributed by atoms with Crippen LogP contribution in [0.1, 0.15) is 26.0 Å². The minimum absolute atomic E-state index is 0.0375. The van der Waals surface area contributed by atoms with E-state index in [-0.39, 0.29) is 12.5 Å². The molecule has 120 valence electrons. The Morgan fingerprint density at radius 3 is 2.70 bits per heavy atom. The number of hydrogen-bond donors (Lipinski definition) is 1. The van der Waals surface area contributed by atoms with Crippen molar-refractivity contribution in [2.24, 2.45) is 0 Å². The van der Waals surface area contributed by atoms with E-state index in [1.165, 1.54) is 0 Å². The van der Waals surface area contributed by atoms with Crippen LogP contribution in [0.5, 0.6) is 5.75 Å². The SMILES string of the molecule is CCC(C)Oc1ccc(-c2cc3scc(CC(=O)O)n3c2)cc1. The van der Waals surface area contributed by atoms with Gasteiger partial charge in [0.2, 0.25) is 0 Å². The van der Waals surface area contributed by atoms with E-state index in [1.807, 2.05) is 40.2 Å². The van der Waals surface area contributed by atoms with Gasteiger partial charge < -0.3 is 14.2 Å². The Morgan fingerprint density at radius 1 is 1.30 bits per heavy atom. The van der Waals surface area contributed by atoms with Crippen LogP contribution in [0.2, 0.25) is 0 Å². The maximum Gasteiger partial charge on any atom is 0.309 e. The summed E-state index contributed by atoms with van der Waals surface area (Å²) < 4.78 is 7.75. The second kappa shape index (κ2) is 6.46. The molecule has 1 atom stereocenters. The van der Waals surface area contributed by atoms with Crippen LogP contribution < -0.4 is 4.74 Å². The number of carbonyl (C=O) groups is 1. The fourth-order valence-corrected chi connectivity index (χ4v) is 3.36. The van der Waals surface area contributed by atoms with Crippen LogP contribution >= 0.6 is 11.3 Å². The first-order valence-corrected chi connectivity index (χ1v) is 8.52. The summed E-state index contributed by atoms with van der Waals surface area (Å²) in [5, 5.41) is 10.9. The number of hydrogen-bond acceptors (Lipinski definition) is 3. The quantitative estimate of drug-likeness (QED) is 0.726. The lowest BCUT2D eigenvalue weighted by Gasteiger charge is -2.12. The number of fused-ring (bicyclic) bond motifs is 1. The number of carboxylic acid groups (broad SMARTS) is 1. The molecule has 5 heteroatoms. The van der Waals surface area contributed by atoms with Gasteiger partial charge >= 0.3 is 5.97 Å². The van der Waals surface area contributed by atoms with Crippen LogP contribution in [0, 0.1) is 0 Å². The van der Waals surface area contributed by atoms with Crippen LogP contribution in [0.15, 0.2) is 41.9 Å². The van der Waals surface area contributed by atoms with Gasteiger partial charge in [-0.25, -0.2) is 0 Å². The maximum atomic E-state index is 10.9. The van der Waals surface area contributed by atoms with Crippen molar-refractivity contribution in [1.82, 2.24) is 4.40 Å². The van der Waals surface area contributed by atoms with E-state index in [0.29, 0.717) is 0 Å². The summed E-state index contributed by atoms with van der Waals surface area (Å²) in [5.41, 5.74) is 2.98. The van der Waals surface area contributed by atoms with Crippen molar-refractivity contribution >= 4 is 22.1 Å². The third kappa shape index (κ3) is 3.40. The van der Waals surface area contributed by atoms with E-state index >= 15 is 0 Å². The van der Waals surface area contributed by atoms with Crippen molar-refractivity contribution in [3.8, 4) is 16.9 Å². The number of rotatable bonds is 6. The van der Waals surface area contributed by atoms with Crippen molar-refractivity contribution in [2.45, 2.75) is 32.8 Å². The molecule has 0 saturated carbocycles. The molecule has 0 fully saturated rings. The first-order valence-electron chi connectivity index (χ1n) is 7.64. The van der Waals surface area contributed by atoms with E-state index in [4.69, 9.17) is 9.84 Å². The summed E-state index contributed by atoms with van der Waals surface area (Å²) >= 11 is 1.56. The van der Waals surface area contributed by atoms with E-state index in [0.717, 1.165) is 33.8 Å². The van der Waals surface area contributed by atoms with Crippen molar-refractivity contribution in [3.63, 3.8) is 0 Å². The fourth-order valence-electron chi connectivity index (χ4n) is 2.42. The third-order valence-corrected chi connectivity index (χ3v) is 4.79. The van der Waals surface area contributed by atoms with Crippen LogP contribution in [-0.2, 0) is 11.2 Å². The number of aliphatic carboxylic acids is 1. The van der Waals surface area contributed by atoms with Gasteiger partial charge in [0.15, 0.2) is 0 Å². The summed E-state index contributed by atoms with van der Waals surface area (Å²) in [7, 11) is 0. The molecule has 2 heterocycles. The van der Waals surface area contributed by atoms with Crippen LogP contribution in [-0.4, -0.2) is 21.6 Å². The number of aromatic nitrogens is 1. The van der Waals surface area contributed by atoms with Gasteiger partial charge in [-0.15, -0.1) is 11.3 Å². The van der Waals surface area contributed by atoms with Gasteiger partial charge in [0.25, 0.3) is 0 Å². The number of thiazole rings is 1. The molecule has 0 amide bonds. The first kappa shape index (κ1) is 15.6. The van der Waals surface area contributed by atoms with E-state index < -0.39 is 5.97 Å². The molecule has 1 unspecified atom stereocenters. The second-order valence-corrected chi connectivity index (χ2v) is 6.49. The monoisotopic (exact) mass is 329 g/mol. The minimum atomic E-state index is -0.813. The van der Waals surface area contributed by atoms with E-state index in [2.05, 4.69) is 19.9 Å². The van der Waals surface area contributed by atoms with Gasteiger partial charge in [-0.3, -0.25) is 4.79 Å². The Labute approximate surface area is 139 Å². The summed E-state index contributed by atoms with van der Waals surface area (Å²) in [6.45, 7) is 4.15. The molecule has 0 saturated heterocycles. The summed E-state index contributed by atoms with van der Waals surface area (Å²) in [6, 6.07) is 10.1. The molecule has 4 nitrogen and oxygen atoms in total. The highest BCUT2D eigenvalue weighted by Crippen LogP contribution is 2.29. The molecule has 0 spiro atoms. The van der Waals surface area contributed by atoms with Gasteiger partial charge in [-0.1, -0.05) is 19.1 Å². The fraction of sp³-hybridized carbons (Fsp3) is 0.278. The van der Waals surface area contributed by atoms with Gasteiger partial charge in [0.1, 0.15) is 5.75 Å². The first-order chi connectivity index (χ1) is 11.1. The van der Waals surface area contributed by atoms with Crippen LogP contribution in [0.4, 0.5) is 0 Å². The Kier molecular flexibility index (Phi) is 4.39. The molecule has 0 aliphatic rings. The summed E-state index contributed by atoms with van der Waals surface area (Å²) in [5.74, 6) is 0.0576. The highest BCUT2D eigenvalue weighted by atomic mass is 32.1. The second-order valence-electron chi connectivity index (χ2n) is 5.60. The topological polar surface area (TPSA) is 50.9 Å². The molecule has 3 aromatic rings. The van der Waals surface area contributed by atoms with Crippen LogP contribution in [0.3, 0.4) is 0 Å². The normalized spacial score (nSPS) is 12.4. The average Bonchev–Trinajstić information content (AvgIpc) is 3.09. The van der Waals surface area contributed by atoms with Gasteiger partial charge in [0.05, 0.1) is 17.4 Å². The molecule has 1 aromatic carbocycles. The highest BCUT2D eigenvalue weighted by Gasteiger charge is 2.10.